The molecule has 4 heterocycles. The van der Waals surface area contributed by atoms with Crippen LogP contribution in [0, 0.1) is 12.7 Å². The Morgan fingerprint density at radius 1 is 0.970 bits per heavy atom. The molecule has 3 N–H and O–H groups in total. The van der Waals surface area contributed by atoms with Crippen LogP contribution in [0.3, 0.4) is 0 Å². The van der Waals surface area contributed by atoms with E-state index >= 15 is 0 Å². The van der Waals surface area contributed by atoms with Gasteiger partial charge in [0.15, 0.2) is 5.65 Å². The topological polar surface area (TPSA) is 95.4 Å². The van der Waals surface area contributed by atoms with Crippen LogP contribution in [0.15, 0.2) is 60.9 Å². The molecular formula is C25H19FN6O. The molecule has 4 aromatic heterocycles. The van der Waals surface area contributed by atoms with Crippen LogP contribution in [0.4, 0.5) is 4.39 Å². The second-order valence-electron chi connectivity index (χ2n) is 8.09. The van der Waals surface area contributed by atoms with Crippen molar-refractivity contribution in [3.05, 3.63) is 72.6 Å². The van der Waals surface area contributed by atoms with Crippen LogP contribution < -0.4 is 0 Å². The van der Waals surface area contributed by atoms with Crippen LogP contribution in [0.1, 0.15) is 5.82 Å². The molecule has 0 aliphatic heterocycles. The summed E-state index contributed by atoms with van der Waals surface area (Å²) in [7, 11) is 1.97. The highest BCUT2D eigenvalue weighted by molar-refractivity contribution is 6.01. The normalized spacial score (nSPS) is 11.6. The zero-order valence-corrected chi connectivity index (χ0v) is 17.9. The number of phenolic OH excluding ortho intramolecular Hbond substituents is 1. The van der Waals surface area contributed by atoms with Gasteiger partial charge in [-0.2, -0.15) is 5.10 Å². The Labute approximate surface area is 187 Å². The van der Waals surface area contributed by atoms with E-state index in [2.05, 4.69) is 31.2 Å². The molecule has 0 bridgehead atoms. The average Bonchev–Trinajstić information content (AvgIpc) is 3.49. The molecule has 7 nitrogen and oxygen atoms in total. The van der Waals surface area contributed by atoms with E-state index < -0.39 is 5.82 Å². The lowest BCUT2D eigenvalue weighted by Gasteiger charge is -2.05. The number of aromatic hydroxyl groups is 1. The molecular weight excluding hydrogens is 419 g/mol. The standard InChI is InChI=1S/C25H19FN6O/c1-13-27-12-23(32(13)2)15-8-20-24(30-31-25(20)28-11-15)22-10-19-18(4-3-5-21(19)29-22)14-6-16(26)9-17(33)7-14/h3-12,29,33H,1-2H3,(H,28,30,31). The van der Waals surface area contributed by atoms with Crippen LogP contribution >= 0.6 is 0 Å². The highest BCUT2D eigenvalue weighted by atomic mass is 19.1. The first-order valence-corrected chi connectivity index (χ1v) is 10.4. The fraction of sp³-hybridized carbons (Fsp3) is 0.0800. The number of H-pyrrole nitrogens is 2. The van der Waals surface area contributed by atoms with Gasteiger partial charge in [0.25, 0.3) is 0 Å². The van der Waals surface area contributed by atoms with Crippen molar-refractivity contribution in [1.82, 2.24) is 29.7 Å². The van der Waals surface area contributed by atoms with E-state index in [1.54, 1.807) is 12.3 Å². The van der Waals surface area contributed by atoms with Gasteiger partial charge in [-0.3, -0.25) is 5.10 Å². The first kappa shape index (κ1) is 19.2. The SMILES string of the molecule is Cc1ncc(-c2cnc3[nH]nc(-c4cc5c(-c6cc(O)cc(F)c6)cccc5[nH]4)c3c2)n1C. The number of aryl methyl sites for hydroxylation is 1. The zero-order chi connectivity index (χ0) is 22.7. The number of nitrogens with zero attached hydrogens (tertiary/aromatic N) is 4. The number of aromatic amines is 2. The fourth-order valence-electron chi connectivity index (χ4n) is 4.28. The van der Waals surface area contributed by atoms with Crippen molar-refractivity contribution in [1.29, 1.82) is 0 Å². The summed E-state index contributed by atoms with van der Waals surface area (Å²) in [5.41, 5.74) is 6.45. The van der Waals surface area contributed by atoms with Crippen molar-refractivity contribution in [2.45, 2.75) is 6.92 Å². The van der Waals surface area contributed by atoms with Gasteiger partial charge in [0.05, 0.1) is 17.6 Å². The number of hydrogen-bond donors (Lipinski definition) is 3. The number of phenols is 1. The van der Waals surface area contributed by atoms with Gasteiger partial charge in [0, 0.05) is 41.2 Å². The van der Waals surface area contributed by atoms with Gasteiger partial charge >= 0.3 is 0 Å². The third-order valence-corrected chi connectivity index (χ3v) is 6.05. The van der Waals surface area contributed by atoms with Crippen LogP contribution in [-0.2, 0) is 7.05 Å². The van der Waals surface area contributed by atoms with Crippen molar-refractivity contribution < 1.29 is 9.50 Å². The van der Waals surface area contributed by atoms with E-state index in [4.69, 9.17) is 0 Å². The van der Waals surface area contributed by atoms with Gasteiger partial charge in [0.2, 0.25) is 0 Å². The highest BCUT2D eigenvalue weighted by Gasteiger charge is 2.16. The molecule has 0 atom stereocenters. The summed E-state index contributed by atoms with van der Waals surface area (Å²) >= 11 is 0. The second kappa shape index (κ2) is 7.03. The molecule has 2 aromatic carbocycles. The molecule has 6 rings (SSSR count). The Kier molecular flexibility index (Phi) is 4.10. The van der Waals surface area contributed by atoms with Crippen molar-refractivity contribution in [3.8, 4) is 39.5 Å². The number of aromatic nitrogens is 6. The summed E-state index contributed by atoms with van der Waals surface area (Å²) in [4.78, 5) is 12.4. The largest absolute Gasteiger partial charge is 0.508 e. The van der Waals surface area contributed by atoms with Gasteiger partial charge in [-0.05, 0) is 48.4 Å². The molecule has 0 saturated heterocycles. The minimum Gasteiger partial charge on any atom is -0.508 e. The van der Waals surface area contributed by atoms with Crippen molar-refractivity contribution in [2.75, 3.05) is 0 Å². The number of halogens is 1. The lowest BCUT2D eigenvalue weighted by Crippen LogP contribution is -1.94. The Balaban J connectivity index is 1.52. The molecule has 0 aliphatic rings. The summed E-state index contributed by atoms with van der Waals surface area (Å²) in [6.07, 6.45) is 3.64. The molecule has 0 spiro atoms. The van der Waals surface area contributed by atoms with Gasteiger partial charge in [-0.25, -0.2) is 14.4 Å². The van der Waals surface area contributed by atoms with E-state index in [0.717, 1.165) is 56.4 Å². The van der Waals surface area contributed by atoms with Crippen LogP contribution in [0.5, 0.6) is 5.75 Å². The van der Waals surface area contributed by atoms with Gasteiger partial charge in [0.1, 0.15) is 23.1 Å². The van der Waals surface area contributed by atoms with Gasteiger partial charge in [-0.15, -0.1) is 0 Å². The zero-order valence-electron chi connectivity index (χ0n) is 17.9. The van der Waals surface area contributed by atoms with Crippen molar-refractivity contribution in [2.24, 2.45) is 7.05 Å². The molecule has 0 unspecified atom stereocenters. The first-order valence-electron chi connectivity index (χ1n) is 10.4. The lowest BCUT2D eigenvalue weighted by atomic mass is 10.0. The maximum Gasteiger partial charge on any atom is 0.155 e. The van der Waals surface area contributed by atoms with Gasteiger partial charge < -0.3 is 14.7 Å². The van der Waals surface area contributed by atoms with E-state index in [1.165, 1.54) is 6.07 Å². The summed E-state index contributed by atoms with van der Waals surface area (Å²) < 4.78 is 15.9. The molecule has 0 fully saturated rings. The minimum absolute atomic E-state index is 0.111. The fourth-order valence-corrected chi connectivity index (χ4v) is 4.28. The lowest BCUT2D eigenvalue weighted by molar-refractivity contribution is 0.469. The number of nitrogens with one attached hydrogen (secondary N) is 2. The Morgan fingerprint density at radius 2 is 1.85 bits per heavy atom. The molecule has 8 heteroatoms. The third-order valence-electron chi connectivity index (χ3n) is 6.05. The summed E-state index contributed by atoms with van der Waals surface area (Å²) in [5.74, 6) is 0.323. The Bertz CT molecular complexity index is 1660. The minimum atomic E-state index is -0.486. The monoisotopic (exact) mass is 438 g/mol. The number of benzene rings is 2. The van der Waals surface area contributed by atoms with Crippen molar-refractivity contribution in [3.63, 3.8) is 0 Å². The average molecular weight is 438 g/mol. The number of pyridine rings is 1. The summed E-state index contributed by atoms with van der Waals surface area (Å²) in [6, 6.07) is 13.9. The quantitative estimate of drug-likeness (QED) is 0.348. The molecule has 0 saturated carbocycles. The molecule has 162 valence electrons. The maximum absolute atomic E-state index is 13.9. The number of fused-ring (bicyclic) bond motifs is 2. The predicted octanol–water partition coefficient (Wildman–Crippen LogP) is 5.33. The molecule has 0 aliphatic carbocycles. The predicted molar refractivity (Wildman–Crippen MR) is 125 cm³/mol. The molecule has 6 aromatic rings. The molecule has 0 radical (unpaired) electrons. The Hall–Kier alpha value is -4.46. The first-order chi connectivity index (χ1) is 16.0. The Morgan fingerprint density at radius 3 is 2.64 bits per heavy atom. The molecule has 0 amide bonds. The summed E-state index contributed by atoms with van der Waals surface area (Å²) in [6.45, 7) is 1.96. The second-order valence-corrected chi connectivity index (χ2v) is 8.09. The highest BCUT2D eigenvalue weighted by Crippen LogP contribution is 2.35. The number of hydrogen-bond acceptors (Lipinski definition) is 4. The number of rotatable bonds is 3. The van der Waals surface area contributed by atoms with Crippen LogP contribution in [-0.4, -0.2) is 34.8 Å². The van der Waals surface area contributed by atoms with E-state index in [1.807, 2.05) is 49.0 Å². The van der Waals surface area contributed by atoms with Gasteiger partial charge in [-0.1, -0.05) is 12.1 Å². The van der Waals surface area contributed by atoms with E-state index in [0.29, 0.717) is 11.2 Å². The third kappa shape index (κ3) is 3.07. The smallest absolute Gasteiger partial charge is 0.155 e. The molecule has 33 heavy (non-hydrogen) atoms. The number of imidazole rings is 1. The van der Waals surface area contributed by atoms with Crippen LogP contribution in [0.25, 0.3) is 55.7 Å². The van der Waals surface area contributed by atoms with Crippen LogP contribution in [0.2, 0.25) is 0 Å². The van der Waals surface area contributed by atoms with E-state index in [-0.39, 0.29) is 5.75 Å². The summed E-state index contributed by atoms with van der Waals surface area (Å²) in [5, 5.41) is 19.2. The maximum atomic E-state index is 13.9. The van der Waals surface area contributed by atoms with Crippen molar-refractivity contribution >= 4 is 21.9 Å². The van der Waals surface area contributed by atoms with E-state index in [9.17, 15) is 9.50 Å².